The van der Waals surface area contributed by atoms with E-state index in [0.717, 1.165) is 54.4 Å². The second-order valence-electron chi connectivity index (χ2n) is 8.83. The Balaban J connectivity index is 1.18. The number of ether oxygens (including phenoxy) is 1. The molecule has 5 rings (SSSR count). The van der Waals surface area contributed by atoms with E-state index in [4.69, 9.17) is 4.74 Å². The van der Waals surface area contributed by atoms with Crippen LogP contribution in [-0.2, 0) is 11.3 Å². The predicted octanol–water partition coefficient (Wildman–Crippen LogP) is 4.84. The molecule has 1 fully saturated rings. The van der Waals surface area contributed by atoms with E-state index in [1.165, 1.54) is 28.6 Å². The van der Waals surface area contributed by atoms with Crippen molar-refractivity contribution >= 4 is 34.3 Å². The van der Waals surface area contributed by atoms with E-state index in [-0.39, 0.29) is 5.91 Å². The van der Waals surface area contributed by atoms with Crippen LogP contribution in [0.5, 0.6) is 5.75 Å². The second kappa shape index (κ2) is 10.4. The van der Waals surface area contributed by atoms with Crippen LogP contribution in [0.1, 0.15) is 11.1 Å². The first-order valence-electron chi connectivity index (χ1n) is 11.9. The Labute approximate surface area is 210 Å². The van der Waals surface area contributed by atoms with Gasteiger partial charge in [0.05, 0.1) is 18.4 Å². The lowest BCUT2D eigenvalue weighted by Gasteiger charge is -2.36. The van der Waals surface area contributed by atoms with Crippen LogP contribution < -0.4 is 9.64 Å². The second-order valence-corrected chi connectivity index (χ2v) is 9.80. The summed E-state index contributed by atoms with van der Waals surface area (Å²) in [5.74, 6) is 1.42. The SMILES string of the molecule is COc1ccc(N2CCN(C(=O)CSc3nccc4c3ccn4Cc3ccc(C)cc3)CC2)cc1. The Morgan fingerprint density at radius 1 is 0.971 bits per heavy atom. The summed E-state index contributed by atoms with van der Waals surface area (Å²) in [6, 6.07) is 20.9. The maximum Gasteiger partial charge on any atom is 0.233 e. The zero-order chi connectivity index (χ0) is 24.2. The van der Waals surface area contributed by atoms with Gasteiger partial charge in [0.25, 0.3) is 0 Å². The van der Waals surface area contributed by atoms with Crippen molar-refractivity contribution < 1.29 is 9.53 Å². The number of carbonyl (C=O) groups excluding carboxylic acids is 1. The molecule has 1 aliphatic rings. The average Bonchev–Trinajstić information content (AvgIpc) is 3.32. The molecule has 0 unspecified atom stereocenters. The van der Waals surface area contributed by atoms with Gasteiger partial charge in [-0.2, -0.15) is 0 Å². The fraction of sp³-hybridized carbons (Fsp3) is 0.286. The van der Waals surface area contributed by atoms with E-state index < -0.39 is 0 Å². The van der Waals surface area contributed by atoms with Crippen LogP contribution in [0.2, 0.25) is 0 Å². The number of aryl methyl sites for hydroxylation is 1. The molecule has 0 N–H and O–H groups in total. The van der Waals surface area contributed by atoms with Gasteiger partial charge in [0.15, 0.2) is 0 Å². The number of aromatic nitrogens is 2. The Kier molecular flexibility index (Phi) is 6.95. The van der Waals surface area contributed by atoms with Crippen molar-refractivity contribution in [3.8, 4) is 5.75 Å². The lowest BCUT2D eigenvalue weighted by atomic mass is 10.1. The molecule has 6 nitrogen and oxygen atoms in total. The fourth-order valence-corrected chi connectivity index (χ4v) is 5.37. The molecule has 0 atom stereocenters. The van der Waals surface area contributed by atoms with Gasteiger partial charge < -0.3 is 19.1 Å². The topological polar surface area (TPSA) is 50.6 Å². The van der Waals surface area contributed by atoms with Crippen molar-refractivity contribution in [3.63, 3.8) is 0 Å². The van der Waals surface area contributed by atoms with Crippen LogP contribution in [-0.4, -0.2) is 59.4 Å². The third kappa shape index (κ3) is 5.30. The molecule has 35 heavy (non-hydrogen) atoms. The van der Waals surface area contributed by atoms with Gasteiger partial charge in [0, 0.05) is 56.2 Å². The van der Waals surface area contributed by atoms with E-state index in [1.54, 1.807) is 7.11 Å². The van der Waals surface area contributed by atoms with Gasteiger partial charge in [0.2, 0.25) is 5.91 Å². The van der Waals surface area contributed by atoms with Crippen molar-refractivity contribution in [2.75, 3.05) is 43.9 Å². The van der Waals surface area contributed by atoms with Gasteiger partial charge in [0.1, 0.15) is 10.8 Å². The van der Waals surface area contributed by atoms with Crippen LogP contribution in [0.15, 0.2) is 78.1 Å². The predicted molar refractivity (Wildman–Crippen MR) is 143 cm³/mol. The number of rotatable bonds is 7. The zero-order valence-corrected chi connectivity index (χ0v) is 21.0. The highest BCUT2D eigenvalue weighted by atomic mass is 32.2. The average molecular weight is 487 g/mol. The Hall–Kier alpha value is -3.45. The molecule has 1 aliphatic heterocycles. The van der Waals surface area contributed by atoms with Gasteiger partial charge in [-0.25, -0.2) is 4.98 Å². The number of carbonyl (C=O) groups is 1. The number of hydrogen-bond donors (Lipinski definition) is 0. The number of pyridine rings is 1. The highest BCUT2D eigenvalue weighted by Crippen LogP contribution is 2.28. The molecule has 0 saturated carbocycles. The summed E-state index contributed by atoms with van der Waals surface area (Å²) in [4.78, 5) is 21.8. The molecule has 3 heterocycles. The maximum atomic E-state index is 12.9. The summed E-state index contributed by atoms with van der Waals surface area (Å²) < 4.78 is 7.49. The van der Waals surface area contributed by atoms with Crippen molar-refractivity contribution in [2.45, 2.75) is 18.5 Å². The molecule has 0 aliphatic carbocycles. The van der Waals surface area contributed by atoms with Gasteiger partial charge in [-0.1, -0.05) is 41.6 Å². The molecule has 1 amide bonds. The Morgan fingerprint density at radius 3 is 2.43 bits per heavy atom. The lowest BCUT2D eigenvalue weighted by molar-refractivity contribution is -0.128. The van der Waals surface area contributed by atoms with Crippen LogP contribution >= 0.6 is 11.8 Å². The molecule has 4 aromatic rings. The van der Waals surface area contributed by atoms with E-state index in [2.05, 4.69) is 70.0 Å². The lowest BCUT2D eigenvalue weighted by Crippen LogP contribution is -2.49. The molecule has 180 valence electrons. The first-order chi connectivity index (χ1) is 17.1. The first-order valence-corrected chi connectivity index (χ1v) is 12.9. The Morgan fingerprint density at radius 2 is 1.71 bits per heavy atom. The van der Waals surface area contributed by atoms with Crippen molar-refractivity contribution in [1.29, 1.82) is 0 Å². The molecule has 2 aromatic carbocycles. The van der Waals surface area contributed by atoms with Gasteiger partial charge in [-0.05, 0) is 48.9 Å². The third-order valence-electron chi connectivity index (χ3n) is 6.54. The van der Waals surface area contributed by atoms with Crippen molar-refractivity contribution in [3.05, 3.63) is 84.2 Å². The van der Waals surface area contributed by atoms with E-state index in [9.17, 15) is 4.79 Å². The van der Waals surface area contributed by atoms with Gasteiger partial charge >= 0.3 is 0 Å². The van der Waals surface area contributed by atoms with Crippen LogP contribution in [0.25, 0.3) is 10.9 Å². The quantitative estimate of drug-likeness (QED) is 0.350. The number of anilines is 1. The smallest absolute Gasteiger partial charge is 0.233 e. The number of methoxy groups -OCH3 is 1. The summed E-state index contributed by atoms with van der Waals surface area (Å²) in [6.07, 6.45) is 3.95. The minimum absolute atomic E-state index is 0.169. The number of thioether (sulfide) groups is 1. The fourth-order valence-electron chi connectivity index (χ4n) is 4.47. The van der Waals surface area contributed by atoms with Gasteiger partial charge in [-0.15, -0.1) is 0 Å². The standard InChI is InChI=1S/C28H30N4O2S/c1-21-3-5-22(6-4-21)19-32-14-12-25-26(32)11-13-29-28(25)35-20-27(33)31-17-15-30(16-18-31)23-7-9-24(34-2)10-8-23/h3-14H,15-20H2,1-2H3. The normalized spacial score (nSPS) is 13.9. The summed E-state index contributed by atoms with van der Waals surface area (Å²) in [6.45, 7) is 6.05. The molecule has 2 aromatic heterocycles. The van der Waals surface area contributed by atoms with E-state index in [1.807, 2.05) is 29.3 Å². The summed E-state index contributed by atoms with van der Waals surface area (Å²) in [5, 5.41) is 2.01. The first kappa shape index (κ1) is 23.3. The third-order valence-corrected chi connectivity index (χ3v) is 7.53. The van der Waals surface area contributed by atoms with Crippen molar-refractivity contribution in [1.82, 2.24) is 14.5 Å². The number of fused-ring (bicyclic) bond motifs is 1. The molecule has 0 radical (unpaired) electrons. The Bertz CT molecular complexity index is 1290. The summed E-state index contributed by atoms with van der Waals surface area (Å²) in [5.41, 5.74) is 4.84. The van der Waals surface area contributed by atoms with E-state index in [0.29, 0.717) is 5.75 Å². The summed E-state index contributed by atoms with van der Waals surface area (Å²) >= 11 is 1.53. The molecule has 7 heteroatoms. The maximum absolute atomic E-state index is 12.9. The number of amides is 1. The van der Waals surface area contributed by atoms with Crippen molar-refractivity contribution in [2.24, 2.45) is 0 Å². The number of piperazine rings is 1. The minimum atomic E-state index is 0.169. The highest BCUT2D eigenvalue weighted by Gasteiger charge is 2.22. The van der Waals surface area contributed by atoms with Crippen LogP contribution in [0, 0.1) is 6.92 Å². The largest absolute Gasteiger partial charge is 0.497 e. The van der Waals surface area contributed by atoms with Crippen LogP contribution in [0.3, 0.4) is 0 Å². The van der Waals surface area contributed by atoms with E-state index >= 15 is 0 Å². The molecule has 0 bridgehead atoms. The molecular weight excluding hydrogens is 456 g/mol. The highest BCUT2D eigenvalue weighted by molar-refractivity contribution is 8.00. The number of benzene rings is 2. The van der Waals surface area contributed by atoms with Crippen LogP contribution in [0.4, 0.5) is 5.69 Å². The number of nitrogens with zero attached hydrogens (tertiary/aromatic N) is 4. The monoisotopic (exact) mass is 486 g/mol. The van der Waals surface area contributed by atoms with Gasteiger partial charge in [-0.3, -0.25) is 4.79 Å². The number of hydrogen-bond acceptors (Lipinski definition) is 5. The molecular formula is C28H30N4O2S. The zero-order valence-electron chi connectivity index (χ0n) is 20.2. The minimum Gasteiger partial charge on any atom is -0.497 e. The molecule has 1 saturated heterocycles. The molecule has 0 spiro atoms. The summed E-state index contributed by atoms with van der Waals surface area (Å²) in [7, 11) is 1.67.